The van der Waals surface area contributed by atoms with Gasteiger partial charge >= 0.3 is 0 Å². The number of pyridine rings is 1. The number of amides is 1. The lowest BCUT2D eigenvalue weighted by atomic mass is 10.0. The van der Waals surface area contributed by atoms with E-state index in [2.05, 4.69) is 15.5 Å². The molecule has 0 unspecified atom stereocenters. The number of aromatic nitrogens is 1. The van der Waals surface area contributed by atoms with Crippen molar-refractivity contribution >= 4 is 23.0 Å². The number of nitrogens with zero attached hydrogens (tertiary/aromatic N) is 2. The number of hydrogen-bond acceptors (Lipinski definition) is 6. The molecule has 0 aliphatic heterocycles. The van der Waals surface area contributed by atoms with E-state index < -0.39 is 5.91 Å². The van der Waals surface area contributed by atoms with Crippen LogP contribution in [-0.4, -0.2) is 38.4 Å². The summed E-state index contributed by atoms with van der Waals surface area (Å²) in [5.41, 5.74) is 5.42. The van der Waals surface area contributed by atoms with Crippen LogP contribution in [0.5, 0.6) is 17.2 Å². The maximum atomic E-state index is 13.4. The standard InChI is InChI=1S/C26H22FN3O4/c1-32-23-14-25(34-3)24(33-2)12-17(23)15-28-30-26(31)20-13-22(16-8-10-18(27)11-9-16)29-21-7-5-4-6-19(20)21/h4-15H,1-3H3,(H,30,31). The van der Waals surface area contributed by atoms with Gasteiger partial charge in [-0.15, -0.1) is 0 Å². The summed E-state index contributed by atoms with van der Waals surface area (Å²) in [5, 5.41) is 4.78. The van der Waals surface area contributed by atoms with Crippen LogP contribution >= 0.6 is 0 Å². The predicted molar refractivity (Wildman–Crippen MR) is 128 cm³/mol. The molecule has 0 aliphatic carbocycles. The second-order valence-corrected chi connectivity index (χ2v) is 7.23. The zero-order valence-electron chi connectivity index (χ0n) is 18.8. The van der Waals surface area contributed by atoms with Gasteiger partial charge in [-0.1, -0.05) is 18.2 Å². The van der Waals surface area contributed by atoms with Crippen LogP contribution in [0, 0.1) is 5.82 Å². The van der Waals surface area contributed by atoms with Crippen LogP contribution in [0.3, 0.4) is 0 Å². The van der Waals surface area contributed by atoms with Gasteiger partial charge in [-0.2, -0.15) is 5.10 Å². The van der Waals surface area contributed by atoms with Gasteiger partial charge in [-0.25, -0.2) is 14.8 Å². The number of para-hydroxylation sites is 1. The summed E-state index contributed by atoms with van der Waals surface area (Å²) < 4.78 is 29.4. The normalized spacial score (nSPS) is 10.9. The summed E-state index contributed by atoms with van der Waals surface area (Å²) in [5.74, 6) is 0.751. The van der Waals surface area contributed by atoms with Crippen molar-refractivity contribution in [3.63, 3.8) is 0 Å². The van der Waals surface area contributed by atoms with Crippen LogP contribution in [0.25, 0.3) is 22.2 Å². The molecule has 0 saturated heterocycles. The molecule has 1 amide bonds. The van der Waals surface area contributed by atoms with E-state index in [0.717, 1.165) is 0 Å². The Morgan fingerprint density at radius 3 is 2.29 bits per heavy atom. The summed E-state index contributed by atoms with van der Waals surface area (Å²) >= 11 is 0. The molecule has 172 valence electrons. The molecule has 0 aliphatic rings. The molecular formula is C26H22FN3O4. The number of hydrazone groups is 1. The molecule has 7 nitrogen and oxygen atoms in total. The van der Waals surface area contributed by atoms with Crippen molar-refractivity contribution < 1.29 is 23.4 Å². The zero-order valence-corrected chi connectivity index (χ0v) is 18.8. The fourth-order valence-corrected chi connectivity index (χ4v) is 3.51. The highest BCUT2D eigenvalue weighted by Crippen LogP contribution is 2.33. The highest BCUT2D eigenvalue weighted by Gasteiger charge is 2.14. The molecule has 0 spiro atoms. The van der Waals surface area contributed by atoms with E-state index in [1.807, 2.05) is 24.3 Å². The largest absolute Gasteiger partial charge is 0.496 e. The number of carbonyl (C=O) groups excluding carboxylic acids is 1. The minimum Gasteiger partial charge on any atom is -0.496 e. The molecule has 34 heavy (non-hydrogen) atoms. The van der Waals surface area contributed by atoms with Crippen molar-refractivity contribution in [1.29, 1.82) is 0 Å². The van der Waals surface area contributed by atoms with Crippen molar-refractivity contribution in [2.24, 2.45) is 5.10 Å². The second kappa shape index (κ2) is 9.99. The molecule has 1 N–H and O–H groups in total. The van der Waals surface area contributed by atoms with Crippen LogP contribution in [0.4, 0.5) is 4.39 Å². The molecule has 0 fully saturated rings. The number of halogens is 1. The Morgan fingerprint density at radius 2 is 1.59 bits per heavy atom. The highest BCUT2D eigenvalue weighted by atomic mass is 19.1. The molecule has 4 rings (SSSR count). The van der Waals surface area contributed by atoms with E-state index in [-0.39, 0.29) is 5.82 Å². The number of rotatable bonds is 7. The molecule has 0 saturated carbocycles. The van der Waals surface area contributed by atoms with Gasteiger partial charge in [0.2, 0.25) is 0 Å². The topological polar surface area (TPSA) is 82.0 Å². The SMILES string of the molecule is COc1cc(OC)c(OC)cc1C=NNC(=O)c1cc(-c2ccc(F)cc2)nc2ccccc12. The Balaban J connectivity index is 1.66. The van der Waals surface area contributed by atoms with Gasteiger partial charge in [0, 0.05) is 22.6 Å². The van der Waals surface area contributed by atoms with Crippen molar-refractivity contribution in [2.75, 3.05) is 21.3 Å². The number of nitrogens with one attached hydrogen (secondary N) is 1. The van der Waals surface area contributed by atoms with Crippen molar-refractivity contribution in [3.8, 4) is 28.5 Å². The first-order valence-electron chi connectivity index (χ1n) is 10.3. The lowest BCUT2D eigenvalue weighted by molar-refractivity contribution is 0.0956. The molecule has 0 atom stereocenters. The fraction of sp³-hybridized carbons (Fsp3) is 0.115. The average molecular weight is 459 g/mol. The number of carbonyl (C=O) groups is 1. The summed E-state index contributed by atoms with van der Waals surface area (Å²) in [4.78, 5) is 17.7. The summed E-state index contributed by atoms with van der Waals surface area (Å²) in [7, 11) is 4.59. The maximum absolute atomic E-state index is 13.4. The van der Waals surface area contributed by atoms with Gasteiger partial charge in [0.15, 0.2) is 11.5 Å². The van der Waals surface area contributed by atoms with E-state index in [1.165, 1.54) is 39.7 Å². The Bertz CT molecular complexity index is 1370. The van der Waals surface area contributed by atoms with E-state index >= 15 is 0 Å². The molecule has 0 radical (unpaired) electrons. The Labute approximate surface area is 195 Å². The second-order valence-electron chi connectivity index (χ2n) is 7.23. The zero-order chi connectivity index (χ0) is 24.1. The average Bonchev–Trinajstić information content (AvgIpc) is 2.87. The molecule has 4 aromatic rings. The summed E-state index contributed by atoms with van der Waals surface area (Å²) in [6.45, 7) is 0. The molecule has 8 heteroatoms. The Morgan fingerprint density at radius 1 is 0.912 bits per heavy atom. The minimum atomic E-state index is -0.419. The van der Waals surface area contributed by atoms with Crippen molar-refractivity contribution in [3.05, 3.63) is 83.7 Å². The van der Waals surface area contributed by atoms with Crippen molar-refractivity contribution in [1.82, 2.24) is 10.4 Å². The molecule has 1 aromatic heterocycles. The number of fused-ring (bicyclic) bond motifs is 1. The predicted octanol–water partition coefficient (Wildman–Crippen LogP) is 4.83. The summed E-state index contributed by atoms with van der Waals surface area (Å²) in [6.07, 6.45) is 1.46. The van der Waals surface area contributed by atoms with E-state index in [0.29, 0.717) is 50.5 Å². The van der Waals surface area contributed by atoms with Gasteiger partial charge in [-0.05, 0) is 42.5 Å². The quantitative estimate of drug-likeness (QED) is 0.316. The summed E-state index contributed by atoms with van der Waals surface area (Å²) in [6, 6.07) is 18.3. The number of benzene rings is 3. The number of methoxy groups -OCH3 is 3. The van der Waals surface area contributed by atoms with E-state index in [9.17, 15) is 9.18 Å². The van der Waals surface area contributed by atoms with Gasteiger partial charge in [-0.3, -0.25) is 4.79 Å². The number of hydrogen-bond donors (Lipinski definition) is 1. The highest BCUT2D eigenvalue weighted by molar-refractivity contribution is 6.07. The maximum Gasteiger partial charge on any atom is 0.272 e. The van der Waals surface area contributed by atoms with E-state index in [1.54, 1.807) is 30.3 Å². The van der Waals surface area contributed by atoms with Crippen molar-refractivity contribution in [2.45, 2.75) is 0 Å². The van der Waals surface area contributed by atoms with Crippen LogP contribution < -0.4 is 19.6 Å². The van der Waals surface area contributed by atoms with Gasteiger partial charge in [0.1, 0.15) is 11.6 Å². The van der Waals surface area contributed by atoms with Crippen LogP contribution in [-0.2, 0) is 0 Å². The molecule has 3 aromatic carbocycles. The molecule has 1 heterocycles. The first-order chi connectivity index (χ1) is 16.5. The van der Waals surface area contributed by atoms with Crippen LogP contribution in [0.1, 0.15) is 15.9 Å². The smallest absolute Gasteiger partial charge is 0.272 e. The molecule has 0 bridgehead atoms. The lowest BCUT2D eigenvalue weighted by Crippen LogP contribution is -2.18. The first-order valence-corrected chi connectivity index (χ1v) is 10.3. The van der Waals surface area contributed by atoms with Crippen LogP contribution in [0.2, 0.25) is 0 Å². The molecular weight excluding hydrogens is 437 g/mol. The monoisotopic (exact) mass is 459 g/mol. The first kappa shape index (κ1) is 22.7. The number of ether oxygens (including phenoxy) is 3. The van der Waals surface area contributed by atoms with E-state index in [4.69, 9.17) is 14.2 Å². The lowest BCUT2D eigenvalue weighted by Gasteiger charge is -2.12. The van der Waals surface area contributed by atoms with Gasteiger partial charge < -0.3 is 14.2 Å². The fourth-order valence-electron chi connectivity index (χ4n) is 3.51. The van der Waals surface area contributed by atoms with Crippen LogP contribution in [0.15, 0.2) is 71.8 Å². The minimum absolute atomic E-state index is 0.345. The Kier molecular flexibility index (Phi) is 6.68. The third-order valence-electron chi connectivity index (χ3n) is 5.21. The Hall–Kier alpha value is -4.46. The third kappa shape index (κ3) is 4.66. The third-order valence-corrected chi connectivity index (χ3v) is 5.21. The van der Waals surface area contributed by atoms with Gasteiger partial charge in [0.25, 0.3) is 5.91 Å². The van der Waals surface area contributed by atoms with Gasteiger partial charge in [0.05, 0.1) is 44.3 Å².